The number of furan rings is 1. The van der Waals surface area contributed by atoms with Crippen LogP contribution in [0.15, 0.2) is 39.9 Å². The van der Waals surface area contributed by atoms with Crippen LogP contribution in [-0.2, 0) is 17.4 Å². The van der Waals surface area contributed by atoms with Crippen molar-refractivity contribution in [2.24, 2.45) is 5.10 Å². The Morgan fingerprint density at radius 3 is 2.64 bits per heavy atom. The third kappa shape index (κ3) is 5.27. The van der Waals surface area contributed by atoms with Crippen molar-refractivity contribution in [2.45, 2.75) is 12.6 Å². The largest absolute Gasteiger partial charge is 0.449 e. The molecule has 0 aliphatic carbocycles. The zero-order valence-corrected chi connectivity index (χ0v) is 14.4. The predicted octanol–water partition coefficient (Wildman–Crippen LogP) is 3.50. The molecule has 0 saturated carbocycles. The van der Waals surface area contributed by atoms with Gasteiger partial charge in [-0.05, 0) is 40.8 Å². The van der Waals surface area contributed by atoms with Gasteiger partial charge in [0, 0.05) is 11.6 Å². The Morgan fingerprint density at radius 1 is 1.36 bits per heavy atom. The van der Waals surface area contributed by atoms with E-state index in [-0.39, 0.29) is 5.56 Å². The summed E-state index contributed by atoms with van der Waals surface area (Å²) in [7, 11) is 0. The van der Waals surface area contributed by atoms with E-state index in [2.05, 4.69) is 10.5 Å². The molecule has 7 nitrogen and oxygen atoms in total. The topological polar surface area (TPSA) is 97.7 Å². The van der Waals surface area contributed by atoms with Crippen LogP contribution < -0.4 is 5.43 Å². The summed E-state index contributed by atoms with van der Waals surface area (Å²) in [6.07, 6.45) is -3.99. The summed E-state index contributed by atoms with van der Waals surface area (Å²) in [5.74, 6) is -0.342. The molecule has 1 amide bonds. The van der Waals surface area contributed by atoms with E-state index < -0.39 is 34.7 Å². The molecule has 0 fully saturated rings. The van der Waals surface area contributed by atoms with Gasteiger partial charge in [-0.25, -0.2) is 5.43 Å². The van der Waals surface area contributed by atoms with Gasteiger partial charge in [-0.3, -0.25) is 14.9 Å². The van der Waals surface area contributed by atoms with Gasteiger partial charge in [0.05, 0.1) is 23.1 Å². The number of nitro groups is 1. The first-order chi connectivity index (χ1) is 11.7. The number of nitrogens with zero attached hydrogens (tertiary/aromatic N) is 2. The molecular weight excluding hydrogens is 458 g/mol. The van der Waals surface area contributed by atoms with Crippen LogP contribution >= 0.6 is 22.6 Å². The first-order valence-electron chi connectivity index (χ1n) is 6.58. The van der Waals surface area contributed by atoms with Crippen molar-refractivity contribution in [2.75, 3.05) is 0 Å². The van der Waals surface area contributed by atoms with E-state index in [0.29, 0.717) is 21.7 Å². The fourth-order valence-electron chi connectivity index (χ4n) is 1.84. The Bertz CT molecular complexity index is 833. The molecule has 1 N–H and O–H groups in total. The Morgan fingerprint density at radius 2 is 2.08 bits per heavy atom. The number of hydrogen-bond acceptors (Lipinski definition) is 5. The molecule has 0 unspecified atom stereocenters. The minimum atomic E-state index is -4.71. The van der Waals surface area contributed by atoms with Crippen LogP contribution in [0.1, 0.15) is 16.9 Å². The molecule has 0 aliphatic heterocycles. The molecule has 2 aromatic rings. The van der Waals surface area contributed by atoms with Gasteiger partial charge in [-0.15, -0.1) is 0 Å². The van der Waals surface area contributed by atoms with Crippen molar-refractivity contribution in [3.8, 4) is 0 Å². The monoisotopic (exact) mass is 467 g/mol. The maximum absolute atomic E-state index is 12.6. The van der Waals surface area contributed by atoms with E-state index in [4.69, 9.17) is 4.42 Å². The number of rotatable bonds is 5. The molecule has 2 rings (SSSR count). The molecule has 0 saturated heterocycles. The lowest BCUT2D eigenvalue weighted by Crippen LogP contribution is -2.20. The van der Waals surface area contributed by atoms with Crippen LogP contribution in [0.4, 0.5) is 18.9 Å². The first-order valence-corrected chi connectivity index (χ1v) is 7.66. The molecule has 132 valence electrons. The highest BCUT2D eigenvalue weighted by Gasteiger charge is 2.33. The average molecular weight is 467 g/mol. The van der Waals surface area contributed by atoms with Crippen molar-refractivity contribution in [3.63, 3.8) is 0 Å². The number of carbonyl (C=O) groups excluding carboxylic acids is 1. The minimum absolute atomic E-state index is 0.154. The van der Waals surface area contributed by atoms with Crippen molar-refractivity contribution >= 4 is 40.4 Å². The van der Waals surface area contributed by atoms with Crippen molar-refractivity contribution < 1.29 is 27.3 Å². The average Bonchev–Trinajstić information content (AvgIpc) is 2.91. The quantitative estimate of drug-likeness (QED) is 0.315. The molecule has 1 heterocycles. The van der Waals surface area contributed by atoms with Crippen LogP contribution in [0.2, 0.25) is 0 Å². The lowest BCUT2D eigenvalue weighted by atomic mass is 10.1. The normalized spacial score (nSPS) is 11.7. The third-order valence-electron chi connectivity index (χ3n) is 2.94. The van der Waals surface area contributed by atoms with Crippen LogP contribution in [0, 0.1) is 13.9 Å². The highest BCUT2D eigenvalue weighted by atomic mass is 127. The summed E-state index contributed by atoms with van der Waals surface area (Å²) < 4.78 is 43.7. The SMILES string of the molecule is O=C(Cc1ccc(C(F)(F)F)cc1[N+](=O)[O-])N/N=C/c1ccc(I)o1. The second kappa shape index (κ2) is 7.63. The number of hydrogen-bond donors (Lipinski definition) is 1. The predicted molar refractivity (Wildman–Crippen MR) is 89.0 cm³/mol. The molecule has 0 radical (unpaired) electrons. The van der Waals surface area contributed by atoms with E-state index in [0.717, 1.165) is 6.07 Å². The number of hydrazone groups is 1. The second-order valence-corrected chi connectivity index (χ2v) is 5.77. The molecule has 25 heavy (non-hydrogen) atoms. The lowest BCUT2D eigenvalue weighted by Gasteiger charge is -2.08. The number of halogens is 4. The lowest BCUT2D eigenvalue weighted by molar-refractivity contribution is -0.385. The smallest absolute Gasteiger partial charge is 0.416 e. The number of carbonyl (C=O) groups is 1. The number of amides is 1. The van der Waals surface area contributed by atoms with Crippen molar-refractivity contribution in [3.05, 3.63) is 61.1 Å². The summed E-state index contributed by atoms with van der Waals surface area (Å²) in [5, 5.41) is 14.6. The Balaban J connectivity index is 2.09. The zero-order valence-electron chi connectivity index (χ0n) is 12.2. The summed E-state index contributed by atoms with van der Waals surface area (Å²) in [6.45, 7) is 0. The summed E-state index contributed by atoms with van der Waals surface area (Å²) >= 11 is 1.94. The Labute approximate surface area is 152 Å². The molecule has 0 spiro atoms. The van der Waals surface area contributed by atoms with Crippen molar-refractivity contribution in [1.82, 2.24) is 5.43 Å². The maximum Gasteiger partial charge on any atom is 0.416 e. The molecule has 1 aromatic heterocycles. The molecule has 0 atom stereocenters. The summed E-state index contributed by atoms with van der Waals surface area (Å²) in [6, 6.07) is 5.27. The van der Waals surface area contributed by atoms with Gasteiger partial charge in [0.25, 0.3) is 5.69 Å². The van der Waals surface area contributed by atoms with E-state index in [9.17, 15) is 28.1 Å². The number of benzene rings is 1. The van der Waals surface area contributed by atoms with Crippen LogP contribution in [0.25, 0.3) is 0 Å². The first kappa shape index (κ1) is 18.9. The van der Waals surface area contributed by atoms with Crippen LogP contribution in [-0.4, -0.2) is 17.0 Å². The minimum Gasteiger partial charge on any atom is -0.449 e. The molecule has 11 heteroatoms. The Kier molecular flexibility index (Phi) is 5.77. The molecular formula is C14H9F3IN3O4. The van der Waals surface area contributed by atoms with E-state index in [1.807, 2.05) is 22.6 Å². The fourth-order valence-corrected chi connectivity index (χ4v) is 2.27. The van der Waals surface area contributed by atoms with Crippen LogP contribution in [0.3, 0.4) is 0 Å². The summed E-state index contributed by atoms with van der Waals surface area (Å²) in [4.78, 5) is 21.7. The van der Waals surface area contributed by atoms with E-state index >= 15 is 0 Å². The second-order valence-electron chi connectivity index (χ2n) is 4.71. The van der Waals surface area contributed by atoms with Gasteiger partial charge in [0.15, 0.2) is 3.77 Å². The van der Waals surface area contributed by atoms with Gasteiger partial charge < -0.3 is 4.42 Å². The molecule has 0 aliphatic rings. The van der Waals surface area contributed by atoms with Gasteiger partial charge in [-0.2, -0.15) is 18.3 Å². The number of alkyl halides is 3. The Hall–Kier alpha value is -2.44. The maximum atomic E-state index is 12.6. The van der Waals surface area contributed by atoms with Gasteiger partial charge in [0.1, 0.15) is 5.76 Å². The molecule has 1 aromatic carbocycles. The standard InChI is InChI=1S/C14H9F3IN3O4/c15-14(16,17)9-2-1-8(11(6-9)21(23)24)5-13(22)20-19-7-10-3-4-12(18)25-10/h1-4,6-7H,5H2,(H,20,22)/b19-7+. The fraction of sp³-hybridized carbons (Fsp3) is 0.143. The highest BCUT2D eigenvalue weighted by Crippen LogP contribution is 2.33. The molecule has 0 bridgehead atoms. The van der Waals surface area contributed by atoms with Gasteiger partial charge in [0.2, 0.25) is 5.91 Å². The van der Waals surface area contributed by atoms with Gasteiger partial charge in [-0.1, -0.05) is 6.07 Å². The van der Waals surface area contributed by atoms with Gasteiger partial charge >= 0.3 is 6.18 Å². The number of nitrogens with one attached hydrogen (secondary N) is 1. The van der Waals surface area contributed by atoms with Crippen LogP contribution in [0.5, 0.6) is 0 Å². The van der Waals surface area contributed by atoms with E-state index in [1.165, 1.54) is 6.21 Å². The third-order valence-corrected chi connectivity index (χ3v) is 3.52. The van der Waals surface area contributed by atoms with Crippen molar-refractivity contribution in [1.29, 1.82) is 0 Å². The van der Waals surface area contributed by atoms with E-state index in [1.54, 1.807) is 12.1 Å². The summed E-state index contributed by atoms with van der Waals surface area (Å²) in [5.41, 5.74) is 0.0274. The zero-order chi connectivity index (χ0) is 18.6. The number of nitro benzene ring substituents is 1. The highest BCUT2D eigenvalue weighted by molar-refractivity contribution is 14.1.